The summed E-state index contributed by atoms with van der Waals surface area (Å²) in [5, 5.41) is 42.2. The minimum atomic E-state index is -1.55. The largest absolute Gasteiger partial charge is 0.445 e. The van der Waals surface area contributed by atoms with Gasteiger partial charge in [-0.1, -0.05) is 30.3 Å². The standard InChI is InChI=1S/C20H30N2O8/c1-13(24)22(16-18(26)17(25)15(11-23)30-19(16)27)10-6-5-9-21-20(28)29-12-14-7-3-2-4-8-14/h2-4,7-8,15-19,23,25-27H,5-6,9-12H2,1H3,(H,21,28)/t15-,16-,17+,18-,19+/m1/s1. The number of hydrogen-bond donors (Lipinski definition) is 5. The van der Waals surface area contributed by atoms with E-state index in [1.165, 1.54) is 11.8 Å². The molecule has 0 aliphatic carbocycles. The highest BCUT2D eigenvalue weighted by Gasteiger charge is 2.46. The van der Waals surface area contributed by atoms with Crippen LogP contribution in [0.5, 0.6) is 0 Å². The molecule has 10 heteroatoms. The first kappa shape index (κ1) is 24.0. The van der Waals surface area contributed by atoms with Gasteiger partial charge in [-0.3, -0.25) is 4.79 Å². The van der Waals surface area contributed by atoms with Crippen LogP contribution in [0.25, 0.3) is 0 Å². The summed E-state index contributed by atoms with van der Waals surface area (Å²) >= 11 is 0. The van der Waals surface area contributed by atoms with Gasteiger partial charge >= 0.3 is 6.09 Å². The monoisotopic (exact) mass is 426 g/mol. The van der Waals surface area contributed by atoms with Crippen LogP contribution in [0.15, 0.2) is 30.3 Å². The Hall–Kier alpha value is -2.24. The molecule has 168 valence electrons. The minimum Gasteiger partial charge on any atom is -0.445 e. The van der Waals surface area contributed by atoms with Gasteiger partial charge in [0.25, 0.3) is 0 Å². The van der Waals surface area contributed by atoms with E-state index in [1.54, 1.807) is 0 Å². The van der Waals surface area contributed by atoms with E-state index >= 15 is 0 Å². The zero-order valence-electron chi connectivity index (χ0n) is 16.9. The van der Waals surface area contributed by atoms with Crippen molar-refractivity contribution in [3.8, 4) is 0 Å². The Kier molecular flexibility index (Phi) is 9.47. The Balaban J connectivity index is 1.74. The first-order valence-electron chi connectivity index (χ1n) is 9.87. The van der Waals surface area contributed by atoms with Crippen molar-refractivity contribution < 1.29 is 39.5 Å². The van der Waals surface area contributed by atoms with Gasteiger partial charge in [-0.25, -0.2) is 4.79 Å². The number of carbonyl (C=O) groups excluding carboxylic acids is 2. The predicted molar refractivity (Wildman–Crippen MR) is 105 cm³/mol. The molecule has 2 amide bonds. The highest BCUT2D eigenvalue weighted by Crippen LogP contribution is 2.24. The lowest BCUT2D eigenvalue weighted by Gasteiger charge is -2.44. The topological polar surface area (TPSA) is 149 Å². The zero-order chi connectivity index (χ0) is 22.1. The Bertz CT molecular complexity index is 674. The van der Waals surface area contributed by atoms with Crippen molar-refractivity contribution in [3.63, 3.8) is 0 Å². The van der Waals surface area contributed by atoms with Gasteiger partial charge in [0.05, 0.1) is 6.61 Å². The molecule has 5 N–H and O–H groups in total. The zero-order valence-corrected chi connectivity index (χ0v) is 16.9. The van der Waals surface area contributed by atoms with Crippen LogP contribution in [0.3, 0.4) is 0 Å². The molecule has 2 rings (SSSR count). The molecule has 1 aliphatic heterocycles. The quantitative estimate of drug-likeness (QED) is 0.327. The number of nitrogens with zero attached hydrogens (tertiary/aromatic N) is 1. The molecular weight excluding hydrogens is 396 g/mol. The maximum Gasteiger partial charge on any atom is 0.407 e. The number of carbonyl (C=O) groups is 2. The molecule has 0 unspecified atom stereocenters. The molecule has 1 fully saturated rings. The first-order valence-corrected chi connectivity index (χ1v) is 9.87. The number of unbranched alkanes of at least 4 members (excludes halogenated alkanes) is 1. The molecule has 5 atom stereocenters. The summed E-state index contributed by atoms with van der Waals surface area (Å²) in [7, 11) is 0. The summed E-state index contributed by atoms with van der Waals surface area (Å²) in [4.78, 5) is 25.0. The van der Waals surface area contributed by atoms with Crippen LogP contribution in [0.4, 0.5) is 4.79 Å². The summed E-state index contributed by atoms with van der Waals surface area (Å²) in [5.41, 5.74) is 0.877. The highest BCUT2D eigenvalue weighted by molar-refractivity contribution is 5.73. The summed E-state index contributed by atoms with van der Waals surface area (Å²) in [5.74, 6) is -0.411. The third-order valence-electron chi connectivity index (χ3n) is 4.94. The van der Waals surface area contributed by atoms with Gasteiger partial charge in [-0.05, 0) is 18.4 Å². The Morgan fingerprint density at radius 1 is 1.13 bits per heavy atom. The SMILES string of the molecule is CC(=O)N(CCCCNC(=O)OCc1ccccc1)[C@@H]1[C@@H](O)[C@@H](O)[C@@H](CO)O[C@@H]1O. The lowest BCUT2D eigenvalue weighted by atomic mass is 9.95. The van der Waals surface area contributed by atoms with E-state index in [1.807, 2.05) is 30.3 Å². The summed E-state index contributed by atoms with van der Waals surface area (Å²) in [6, 6.07) is 8.11. The predicted octanol–water partition coefficient (Wildman–Crippen LogP) is -0.659. The Morgan fingerprint density at radius 2 is 1.83 bits per heavy atom. The number of alkyl carbamates (subject to hydrolysis) is 1. The fourth-order valence-electron chi connectivity index (χ4n) is 3.31. The number of benzene rings is 1. The lowest BCUT2D eigenvalue weighted by molar-refractivity contribution is -0.270. The van der Waals surface area contributed by atoms with Crippen LogP contribution in [0, 0.1) is 0 Å². The maximum absolute atomic E-state index is 12.0. The van der Waals surface area contributed by atoms with Crippen molar-refractivity contribution in [3.05, 3.63) is 35.9 Å². The van der Waals surface area contributed by atoms with Gasteiger partial charge in [0.15, 0.2) is 6.29 Å². The van der Waals surface area contributed by atoms with Crippen molar-refractivity contribution >= 4 is 12.0 Å². The number of hydrogen-bond acceptors (Lipinski definition) is 8. The van der Waals surface area contributed by atoms with Gasteiger partial charge in [0.2, 0.25) is 5.91 Å². The van der Waals surface area contributed by atoms with E-state index in [0.717, 1.165) is 5.56 Å². The van der Waals surface area contributed by atoms with Crippen molar-refractivity contribution in [2.45, 2.75) is 57.0 Å². The van der Waals surface area contributed by atoms with Crippen LogP contribution >= 0.6 is 0 Å². The van der Waals surface area contributed by atoms with Crippen LogP contribution in [-0.4, -0.2) is 87.7 Å². The summed E-state index contributed by atoms with van der Waals surface area (Å²) < 4.78 is 10.2. The minimum absolute atomic E-state index is 0.166. The first-order chi connectivity index (χ1) is 14.3. The molecule has 0 bridgehead atoms. The van der Waals surface area contributed by atoms with Gasteiger partial charge in [-0.2, -0.15) is 0 Å². The van der Waals surface area contributed by atoms with Crippen molar-refractivity contribution in [1.29, 1.82) is 0 Å². The van der Waals surface area contributed by atoms with Gasteiger partial charge in [0.1, 0.15) is 31.0 Å². The number of rotatable bonds is 9. The Morgan fingerprint density at radius 3 is 2.47 bits per heavy atom. The van der Waals surface area contributed by atoms with Gasteiger partial charge in [-0.15, -0.1) is 0 Å². The van der Waals surface area contributed by atoms with Gasteiger partial charge < -0.3 is 40.1 Å². The molecule has 0 aromatic heterocycles. The maximum atomic E-state index is 12.0. The molecule has 10 nitrogen and oxygen atoms in total. The van der Waals surface area contributed by atoms with Crippen LogP contribution < -0.4 is 5.32 Å². The number of aliphatic hydroxyl groups is 4. The molecule has 1 aliphatic rings. The smallest absolute Gasteiger partial charge is 0.407 e. The molecule has 1 heterocycles. The number of nitrogens with one attached hydrogen (secondary N) is 1. The second kappa shape index (κ2) is 11.8. The van der Waals surface area contributed by atoms with Crippen LogP contribution in [0.2, 0.25) is 0 Å². The number of aliphatic hydroxyl groups excluding tert-OH is 4. The van der Waals surface area contributed by atoms with Crippen molar-refractivity contribution in [1.82, 2.24) is 10.2 Å². The van der Waals surface area contributed by atoms with E-state index in [2.05, 4.69) is 5.32 Å². The highest BCUT2D eigenvalue weighted by atomic mass is 16.6. The van der Waals surface area contributed by atoms with Crippen LogP contribution in [-0.2, 0) is 20.9 Å². The van der Waals surface area contributed by atoms with E-state index in [4.69, 9.17) is 14.6 Å². The molecule has 1 aromatic carbocycles. The molecule has 1 aromatic rings. The van der Waals surface area contributed by atoms with Crippen molar-refractivity contribution in [2.75, 3.05) is 19.7 Å². The van der Waals surface area contributed by atoms with E-state index in [0.29, 0.717) is 19.4 Å². The molecule has 30 heavy (non-hydrogen) atoms. The second-order valence-electron chi connectivity index (χ2n) is 7.13. The molecule has 0 radical (unpaired) electrons. The van der Waals surface area contributed by atoms with Crippen LogP contribution in [0.1, 0.15) is 25.3 Å². The molecule has 1 saturated heterocycles. The lowest BCUT2D eigenvalue weighted by Crippen LogP contribution is -2.65. The second-order valence-corrected chi connectivity index (χ2v) is 7.13. The molecular formula is C20H30N2O8. The van der Waals surface area contributed by atoms with Crippen molar-refractivity contribution in [2.24, 2.45) is 0 Å². The average Bonchev–Trinajstić information content (AvgIpc) is 2.73. The van der Waals surface area contributed by atoms with E-state index in [9.17, 15) is 24.9 Å². The van der Waals surface area contributed by atoms with Gasteiger partial charge in [0, 0.05) is 20.0 Å². The fraction of sp³-hybridized carbons (Fsp3) is 0.600. The normalized spacial score (nSPS) is 26.1. The molecule has 0 saturated carbocycles. The molecule has 0 spiro atoms. The third-order valence-corrected chi connectivity index (χ3v) is 4.94. The summed E-state index contributed by atoms with van der Waals surface area (Å²) in [6.07, 6.45) is -5.15. The fourth-order valence-corrected chi connectivity index (χ4v) is 3.31. The third kappa shape index (κ3) is 6.64. The summed E-state index contributed by atoms with van der Waals surface area (Å²) in [6.45, 7) is 1.37. The van der Waals surface area contributed by atoms with E-state index < -0.39 is 49.3 Å². The number of amides is 2. The Labute approximate surface area is 175 Å². The average molecular weight is 426 g/mol. The number of ether oxygens (including phenoxy) is 2. The van der Waals surface area contributed by atoms with E-state index in [-0.39, 0.29) is 13.2 Å².